The van der Waals surface area contributed by atoms with Crippen LogP contribution in [0, 0.1) is 0 Å². The largest absolute Gasteiger partial charge is 0.397 e. The van der Waals surface area contributed by atoms with E-state index in [1.54, 1.807) is 0 Å². The molecule has 0 spiro atoms. The van der Waals surface area contributed by atoms with Crippen molar-refractivity contribution in [2.24, 2.45) is 0 Å². The highest BCUT2D eigenvalue weighted by Gasteiger charge is 2.13. The third-order valence-electron chi connectivity index (χ3n) is 2.67. The van der Waals surface area contributed by atoms with E-state index in [1.807, 2.05) is 13.0 Å². The molecule has 90 valence electrons. The van der Waals surface area contributed by atoms with Crippen LogP contribution in [0.3, 0.4) is 0 Å². The molecular weight excluding hydrogens is 220 g/mol. The minimum Gasteiger partial charge on any atom is -0.397 e. The van der Waals surface area contributed by atoms with Gasteiger partial charge < -0.3 is 11.1 Å². The second-order valence-corrected chi connectivity index (χ2v) is 4.88. The van der Waals surface area contributed by atoms with Gasteiger partial charge in [0.1, 0.15) is 0 Å². The molecule has 4 heteroatoms. The summed E-state index contributed by atoms with van der Waals surface area (Å²) in [5.41, 5.74) is 6.43. The number of rotatable bonds is 6. The average Bonchev–Trinajstić information content (AvgIpc) is 2.66. The maximum atomic E-state index is 11.6. The maximum absolute atomic E-state index is 11.6. The number of nitrogen functional groups attached to an aromatic ring is 1. The molecule has 3 nitrogen and oxygen atoms in total. The highest BCUT2D eigenvalue weighted by atomic mass is 32.1. The summed E-state index contributed by atoms with van der Waals surface area (Å²) in [6.07, 6.45) is 2.66. The fourth-order valence-corrected chi connectivity index (χ4v) is 2.62. The minimum absolute atomic E-state index is 0.125. The smallest absolute Gasteiger partial charge is 0.174 e. The number of Topliss-reactive ketones (excluding diaryl/α,β-unsaturated/α-hetero) is 1. The number of carbonyl (C=O) groups excluding carboxylic acids is 1. The van der Waals surface area contributed by atoms with E-state index in [4.69, 9.17) is 5.73 Å². The normalized spacial score (nSPS) is 10.8. The molecule has 0 fully saturated rings. The molecule has 0 bridgehead atoms. The lowest BCUT2D eigenvalue weighted by atomic mass is 10.2. The lowest BCUT2D eigenvalue weighted by molar-refractivity contribution is 0.0993. The zero-order chi connectivity index (χ0) is 12.1. The van der Waals surface area contributed by atoms with Crippen molar-refractivity contribution in [1.82, 2.24) is 0 Å². The van der Waals surface area contributed by atoms with Crippen molar-refractivity contribution >= 4 is 27.8 Å². The third kappa shape index (κ3) is 2.98. The molecule has 16 heavy (non-hydrogen) atoms. The van der Waals surface area contributed by atoms with Crippen LogP contribution < -0.4 is 11.1 Å². The van der Waals surface area contributed by atoms with Gasteiger partial charge in [-0.3, -0.25) is 4.79 Å². The molecule has 0 atom stereocenters. The van der Waals surface area contributed by atoms with Crippen LogP contribution in [0.2, 0.25) is 0 Å². The van der Waals surface area contributed by atoms with Gasteiger partial charge in [0.05, 0.1) is 15.6 Å². The Morgan fingerprint density at radius 1 is 1.44 bits per heavy atom. The Hall–Kier alpha value is -1.03. The van der Waals surface area contributed by atoms with Crippen LogP contribution in [-0.2, 0) is 0 Å². The van der Waals surface area contributed by atoms with E-state index in [1.165, 1.54) is 11.3 Å². The predicted octanol–water partition coefficient (Wildman–Crippen LogP) is 3.52. The van der Waals surface area contributed by atoms with Gasteiger partial charge in [0.25, 0.3) is 0 Å². The fourth-order valence-electron chi connectivity index (χ4n) is 1.55. The molecule has 0 aromatic carbocycles. The Kier molecular flexibility index (Phi) is 4.80. The van der Waals surface area contributed by atoms with E-state index < -0.39 is 0 Å². The van der Waals surface area contributed by atoms with Crippen molar-refractivity contribution in [2.75, 3.05) is 11.1 Å². The summed E-state index contributed by atoms with van der Waals surface area (Å²) in [6.45, 7) is 6.15. The SMILES string of the molecule is CCC(=O)c1sc(NC(CC)CC)cc1N. The Bertz CT molecular complexity index is 356. The number of hydrogen-bond donors (Lipinski definition) is 2. The Morgan fingerprint density at radius 2 is 2.06 bits per heavy atom. The molecule has 1 rings (SSSR count). The summed E-state index contributed by atoms with van der Waals surface area (Å²) in [4.78, 5) is 12.3. The Morgan fingerprint density at radius 3 is 2.56 bits per heavy atom. The molecule has 0 aliphatic carbocycles. The molecular formula is C12H20N2OS. The van der Waals surface area contributed by atoms with Crippen LogP contribution in [0.5, 0.6) is 0 Å². The molecule has 1 heterocycles. The first-order chi connectivity index (χ1) is 7.62. The maximum Gasteiger partial charge on any atom is 0.174 e. The lowest BCUT2D eigenvalue weighted by Crippen LogP contribution is -2.15. The first-order valence-electron chi connectivity index (χ1n) is 5.81. The van der Waals surface area contributed by atoms with Crippen LogP contribution in [-0.4, -0.2) is 11.8 Å². The molecule has 0 saturated heterocycles. The van der Waals surface area contributed by atoms with Crippen molar-refractivity contribution in [3.63, 3.8) is 0 Å². The van der Waals surface area contributed by atoms with E-state index in [0.29, 0.717) is 23.0 Å². The zero-order valence-electron chi connectivity index (χ0n) is 10.2. The number of nitrogens with two attached hydrogens (primary N) is 1. The van der Waals surface area contributed by atoms with Gasteiger partial charge in [-0.1, -0.05) is 20.8 Å². The number of anilines is 2. The van der Waals surface area contributed by atoms with Crippen LogP contribution in [0.1, 0.15) is 49.7 Å². The van der Waals surface area contributed by atoms with E-state index >= 15 is 0 Å². The summed E-state index contributed by atoms with van der Waals surface area (Å²) in [6, 6.07) is 2.33. The van der Waals surface area contributed by atoms with E-state index in [2.05, 4.69) is 19.2 Å². The van der Waals surface area contributed by atoms with Crippen molar-refractivity contribution in [3.05, 3.63) is 10.9 Å². The Labute approximate surface area is 101 Å². The van der Waals surface area contributed by atoms with E-state index in [0.717, 1.165) is 17.8 Å². The summed E-state index contributed by atoms with van der Waals surface area (Å²) < 4.78 is 0. The zero-order valence-corrected chi connectivity index (χ0v) is 11.0. The van der Waals surface area contributed by atoms with Gasteiger partial charge in [0.15, 0.2) is 5.78 Å². The predicted molar refractivity (Wildman–Crippen MR) is 71.3 cm³/mol. The second-order valence-electron chi connectivity index (χ2n) is 3.83. The molecule has 0 saturated carbocycles. The highest BCUT2D eigenvalue weighted by Crippen LogP contribution is 2.31. The topological polar surface area (TPSA) is 55.1 Å². The average molecular weight is 240 g/mol. The van der Waals surface area contributed by atoms with Crippen molar-refractivity contribution in [1.29, 1.82) is 0 Å². The summed E-state index contributed by atoms with van der Waals surface area (Å²) in [5, 5.41) is 4.41. The molecule has 0 unspecified atom stereocenters. The quantitative estimate of drug-likeness (QED) is 0.748. The van der Waals surface area contributed by atoms with E-state index in [-0.39, 0.29) is 5.78 Å². The minimum atomic E-state index is 0.125. The molecule has 3 N–H and O–H groups in total. The monoisotopic (exact) mass is 240 g/mol. The molecule has 0 radical (unpaired) electrons. The first kappa shape index (κ1) is 13.0. The molecule has 1 aromatic heterocycles. The van der Waals surface area contributed by atoms with Crippen LogP contribution in [0.15, 0.2) is 6.07 Å². The fraction of sp³-hybridized carbons (Fsp3) is 0.583. The molecule has 0 aliphatic heterocycles. The van der Waals surface area contributed by atoms with Gasteiger partial charge in [0.2, 0.25) is 0 Å². The summed E-state index contributed by atoms with van der Waals surface area (Å²) in [7, 11) is 0. The molecule has 1 aromatic rings. The first-order valence-corrected chi connectivity index (χ1v) is 6.62. The standard InChI is InChI=1S/C12H20N2OS/c1-4-8(5-2)14-11-7-9(13)12(16-11)10(15)6-3/h7-8,14H,4-6,13H2,1-3H3. The van der Waals surface area contributed by atoms with Crippen LogP contribution >= 0.6 is 11.3 Å². The van der Waals surface area contributed by atoms with Gasteiger partial charge in [-0.05, 0) is 18.9 Å². The summed E-state index contributed by atoms with van der Waals surface area (Å²) >= 11 is 1.47. The van der Waals surface area contributed by atoms with Crippen molar-refractivity contribution < 1.29 is 4.79 Å². The van der Waals surface area contributed by atoms with Crippen LogP contribution in [0.4, 0.5) is 10.7 Å². The summed E-state index contributed by atoms with van der Waals surface area (Å²) in [5.74, 6) is 0.125. The van der Waals surface area contributed by atoms with E-state index in [9.17, 15) is 4.79 Å². The molecule has 0 amide bonds. The number of thiophene rings is 1. The Balaban J connectivity index is 2.80. The van der Waals surface area contributed by atoms with Crippen LogP contribution in [0.25, 0.3) is 0 Å². The van der Waals surface area contributed by atoms with Gasteiger partial charge in [-0.2, -0.15) is 0 Å². The lowest BCUT2D eigenvalue weighted by Gasteiger charge is -2.13. The number of carbonyl (C=O) groups is 1. The van der Waals surface area contributed by atoms with Gasteiger partial charge in [-0.15, -0.1) is 11.3 Å². The van der Waals surface area contributed by atoms with Crippen molar-refractivity contribution in [2.45, 2.75) is 46.1 Å². The number of nitrogens with one attached hydrogen (secondary N) is 1. The number of ketones is 1. The van der Waals surface area contributed by atoms with Gasteiger partial charge in [0, 0.05) is 12.5 Å². The van der Waals surface area contributed by atoms with Gasteiger partial charge >= 0.3 is 0 Å². The number of hydrogen-bond acceptors (Lipinski definition) is 4. The van der Waals surface area contributed by atoms with Crippen molar-refractivity contribution in [3.8, 4) is 0 Å². The second kappa shape index (κ2) is 5.89. The van der Waals surface area contributed by atoms with Gasteiger partial charge in [-0.25, -0.2) is 0 Å². The third-order valence-corrected chi connectivity index (χ3v) is 3.79. The highest BCUT2D eigenvalue weighted by molar-refractivity contribution is 7.18. The molecule has 0 aliphatic rings.